The number of nitrogens with one attached hydrogen (secondary N) is 1. The first kappa shape index (κ1) is 14.9. The quantitative estimate of drug-likeness (QED) is 0.823. The Labute approximate surface area is 124 Å². The molecular weight excluding hydrogens is 264 g/mol. The third-order valence-corrected chi connectivity index (χ3v) is 3.20. The molecule has 4 heteroatoms. The largest absolute Gasteiger partial charge is 0.491 e. The molecule has 0 saturated carbocycles. The van der Waals surface area contributed by atoms with Gasteiger partial charge >= 0.3 is 0 Å². The molecule has 0 spiro atoms. The van der Waals surface area contributed by atoms with Crippen LogP contribution in [0.1, 0.15) is 30.6 Å². The second-order valence-electron chi connectivity index (χ2n) is 4.94. The average molecular weight is 284 g/mol. The van der Waals surface area contributed by atoms with Crippen molar-refractivity contribution in [3.63, 3.8) is 0 Å². The summed E-state index contributed by atoms with van der Waals surface area (Å²) in [5, 5.41) is 2.82. The molecule has 1 amide bonds. The Bertz CT molecular complexity index is 591. The molecule has 3 N–H and O–H groups in total. The summed E-state index contributed by atoms with van der Waals surface area (Å²) in [6.07, 6.45) is 1.11. The van der Waals surface area contributed by atoms with E-state index in [0.717, 1.165) is 12.2 Å². The maximum atomic E-state index is 12.1. The van der Waals surface area contributed by atoms with Crippen molar-refractivity contribution in [3.8, 4) is 5.75 Å². The van der Waals surface area contributed by atoms with Crippen LogP contribution in [0.2, 0.25) is 0 Å². The van der Waals surface area contributed by atoms with Gasteiger partial charge in [-0.2, -0.15) is 0 Å². The summed E-state index contributed by atoms with van der Waals surface area (Å²) in [7, 11) is 0. The summed E-state index contributed by atoms with van der Waals surface area (Å²) in [6.45, 7) is 4.08. The van der Waals surface area contributed by atoms with Crippen molar-refractivity contribution in [1.82, 2.24) is 0 Å². The molecule has 0 aromatic heterocycles. The molecule has 0 bridgehead atoms. The molecule has 0 aliphatic rings. The molecule has 4 nitrogen and oxygen atoms in total. The molecule has 110 valence electrons. The number of anilines is 2. The number of amides is 1. The maximum Gasteiger partial charge on any atom is 0.255 e. The van der Waals surface area contributed by atoms with E-state index in [-0.39, 0.29) is 12.0 Å². The highest BCUT2D eigenvalue weighted by Gasteiger charge is 2.07. The number of nitrogen functional groups attached to an aromatic ring is 1. The van der Waals surface area contributed by atoms with Crippen molar-refractivity contribution < 1.29 is 9.53 Å². The van der Waals surface area contributed by atoms with E-state index in [4.69, 9.17) is 10.5 Å². The van der Waals surface area contributed by atoms with Crippen LogP contribution in [0, 0.1) is 0 Å². The Morgan fingerprint density at radius 2 is 1.76 bits per heavy atom. The number of carbonyl (C=O) groups excluding carboxylic acids is 1. The smallest absolute Gasteiger partial charge is 0.255 e. The van der Waals surface area contributed by atoms with Gasteiger partial charge in [0.2, 0.25) is 0 Å². The minimum Gasteiger partial charge on any atom is -0.491 e. The van der Waals surface area contributed by atoms with E-state index in [0.29, 0.717) is 16.9 Å². The number of ether oxygens (including phenoxy) is 1. The third kappa shape index (κ3) is 4.24. The Kier molecular flexibility index (Phi) is 4.82. The summed E-state index contributed by atoms with van der Waals surface area (Å²) in [4.78, 5) is 12.1. The molecule has 0 aliphatic heterocycles. The molecule has 2 aromatic rings. The van der Waals surface area contributed by atoms with Crippen molar-refractivity contribution in [3.05, 3.63) is 54.1 Å². The van der Waals surface area contributed by atoms with E-state index < -0.39 is 0 Å². The van der Waals surface area contributed by atoms with Crippen molar-refractivity contribution in [2.75, 3.05) is 11.1 Å². The van der Waals surface area contributed by atoms with E-state index in [1.165, 1.54) is 0 Å². The van der Waals surface area contributed by atoms with Gasteiger partial charge in [0, 0.05) is 16.9 Å². The van der Waals surface area contributed by atoms with Crippen LogP contribution in [0.3, 0.4) is 0 Å². The van der Waals surface area contributed by atoms with Gasteiger partial charge in [0.1, 0.15) is 5.75 Å². The first-order chi connectivity index (χ1) is 10.1. The molecule has 0 aliphatic carbocycles. The molecule has 21 heavy (non-hydrogen) atoms. The monoisotopic (exact) mass is 284 g/mol. The van der Waals surface area contributed by atoms with Gasteiger partial charge in [-0.15, -0.1) is 0 Å². The minimum absolute atomic E-state index is 0.158. The molecule has 0 fully saturated rings. The van der Waals surface area contributed by atoms with Gasteiger partial charge in [-0.05, 0) is 61.9 Å². The lowest BCUT2D eigenvalue weighted by Crippen LogP contribution is -2.12. The summed E-state index contributed by atoms with van der Waals surface area (Å²) >= 11 is 0. The third-order valence-electron chi connectivity index (χ3n) is 3.20. The second-order valence-corrected chi connectivity index (χ2v) is 4.94. The molecule has 0 saturated heterocycles. The van der Waals surface area contributed by atoms with Crippen molar-refractivity contribution >= 4 is 17.3 Å². The number of nitrogens with two attached hydrogens (primary N) is 1. The lowest BCUT2D eigenvalue weighted by Gasteiger charge is -2.12. The summed E-state index contributed by atoms with van der Waals surface area (Å²) in [5.74, 6) is 0.614. The van der Waals surface area contributed by atoms with Gasteiger partial charge in [-0.1, -0.05) is 6.92 Å². The minimum atomic E-state index is -0.158. The second kappa shape index (κ2) is 6.79. The Morgan fingerprint density at radius 3 is 2.33 bits per heavy atom. The van der Waals surface area contributed by atoms with Crippen LogP contribution in [0.4, 0.5) is 11.4 Å². The van der Waals surface area contributed by atoms with Crippen LogP contribution in [-0.4, -0.2) is 12.0 Å². The van der Waals surface area contributed by atoms with E-state index in [1.807, 2.05) is 19.1 Å². The van der Waals surface area contributed by atoms with Crippen molar-refractivity contribution in [2.45, 2.75) is 26.4 Å². The molecule has 1 unspecified atom stereocenters. The molecular formula is C17H20N2O2. The van der Waals surface area contributed by atoms with Gasteiger partial charge in [-0.3, -0.25) is 4.79 Å². The van der Waals surface area contributed by atoms with E-state index in [1.54, 1.807) is 36.4 Å². The zero-order valence-corrected chi connectivity index (χ0v) is 12.3. The molecule has 1 atom stereocenters. The summed E-state index contributed by atoms with van der Waals surface area (Å²) in [5.41, 5.74) is 7.58. The van der Waals surface area contributed by atoms with Crippen molar-refractivity contribution in [1.29, 1.82) is 0 Å². The van der Waals surface area contributed by atoms with E-state index in [9.17, 15) is 4.79 Å². The summed E-state index contributed by atoms with van der Waals surface area (Å²) in [6, 6.07) is 14.2. The van der Waals surface area contributed by atoms with Crippen LogP contribution in [-0.2, 0) is 0 Å². The molecule has 0 heterocycles. The van der Waals surface area contributed by atoms with Gasteiger partial charge in [0.15, 0.2) is 0 Å². The molecule has 2 rings (SSSR count). The van der Waals surface area contributed by atoms with Gasteiger partial charge < -0.3 is 15.8 Å². The molecule has 0 radical (unpaired) electrons. The Morgan fingerprint density at radius 1 is 1.14 bits per heavy atom. The van der Waals surface area contributed by atoms with Gasteiger partial charge in [0.05, 0.1) is 6.10 Å². The van der Waals surface area contributed by atoms with Crippen LogP contribution in [0.15, 0.2) is 48.5 Å². The highest BCUT2D eigenvalue weighted by atomic mass is 16.5. The predicted octanol–water partition coefficient (Wildman–Crippen LogP) is 3.70. The number of hydrogen-bond acceptors (Lipinski definition) is 3. The average Bonchev–Trinajstić information content (AvgIpc) is 2.50. The lowest BCUT2D eigenvalue weighted by molar-refractivity contribution is 0.102. The van der Waals surface area contributed by atoms with Gasteiger partial charge in [-0.25, -0.2) is 0 Å². The molecule has 2 aromatic carbocycles. The maximum absolute atomic E-state index is 12.1. The first-order valence-corrected chi connectivity index (χ1v) is 7.02. The van der Waals surface area contributed by atoms with Crippen LogP contribution in [0.25, 0.3) is 0 Å². The SMILES string of the molecule is CCC(C)Oc1ccc(C(=O)Nc2ccc(N)cc2)cc1. The van der Waals surface area contributed by atoms with Crippen LogP contribution < -0.4 is 15.8 Å². The fraction of sp³-hybridized carbons (Fsp3) is 0.235. The first-order valence-electron chi connectivity index (χ1n) is 7.02. The van der Waals surface area contributed by atoms with Crippen molar-refractivity contribution in [2.24, 2.45) is 0 Å². The fourth-order valence-electron chi connectivity index (χ4n) is 1.77. The standard InChI is InChI=1S/C17H20N2O2/c1-3-12(2)21-16-10-4-13(5-11-16)17(20)19-15-8-6-14(18)7-9-15/h4-12H,3,18H2,1-2H3,(H,19,20). The Hall–Kier alpha value is -2.49. The highest BCUT2D eigenvalue weighted by Crippen LogP contribution is 2.16. The van der Waals surface area contributed by atoms with E-state index in [2.05, 4.69) is 12.2 Å². The van der Waals surface area contributed by atoms with Crippen LogP contribution >= 0.6 is 0 Å². The fourth-order valence-corrected chi connectivity index (χ4v) is 1.77. The van der Waals surface area contributed by atoms with Gasteiger partial charge in [0.25, 0.3) is 5.91 Å². The number of hydrogen-bond donors (Lipinski definition) is 2. The zero-order chi connectivity index (χ0) is 15.2. The number of rotatable bonds is 5. The number of benzene rings is 2. The van der Waals surface area contributed by atoms with E-state index >= 15 is 0 Å². The highest BCUT2D eigenvalue weighted by molar-refractivity contribution is 6.04. The van der Waals surface area contributed by atoms with Crippen LogP contribution in [0.5, 0.6) is 5.75 Å². The summed E-state index contributed by atoms with van der Waals surface area (Å²) < 4.78 is 5.68. The predicted molar refractivity (Wildman–Crippen MR) is 85.6 cm³/mol. The lowest BCUT2D eigenvalue weighted by atomic mass is 10.2. The normalized spacial score (nSPS) is 11.7. The zero-order valence-electron chi connectivity index (χ0n) is 12.3. The number of carbonyl (C=O) groups is 1. The Balaban J connectivity index is 2.01. The topological polar surface area (TPSA) is 64.3 Å².